The van der Waals surface area contributed by atoms with Crippen molar-refractivity contribution in [3.63, 3.8) is 0 Å². The molecule has 9 nitrogen and oxygen atoms in total. The minimum Gasteiger partial charge on any atom is -0.756 e. The molecule has 3 atom stereocenters. The fourth-order valence-electron chi connectivity index (χ4n) is 9.76. The Kier molecular flexibility index (Phi) is 53.2. The van der Waals surface area contributed by atoms with Crippen molar-refractivity contribution < 1.29 is 37.3 Å². The van der Waals surface area contributed by atoms with Crippen LogP contribution in [0.2, 0.25) is 0 Å². The van der Waals surface area contributed by atoms with E-state index in [9.17, 15) is 19.0 Å². The number of phosphoric acid groups is 1. The smallest absolute Gasteiger partial charge is 0.306 e. The molecule has 3 unspecified atom stereocenters. The van der Waals surface area contributed by atoms with Crippen LogP contribution in [0.5, 0.6) is 0 Å². The van der Waals surface area contributed by atoms with Gasteiger partial charge in [0.25, 0.3) is 7.82 Å². The number of nitrogens with zero attached hydrogens (tertiary/aromatic N) is 1. The highest BCUT2D eigenvalue weighted by Gasteiger charge is 2.27. The molecule has 0 saturated heterocycles. The molecule has 0 bridgehead atoms. The Bertz CT molecular complexity index is 1260. The summed E-state index contributed by atoms with van der Waals surface area (Å²) in [5, 5.41) is 3.04. The third-order valence-electron chi connectivity index (χ3n) is 14.7. The lowest BCUT2D eigenvalue weighted by Gasteiger charge is -2.30. The molecule has 0 radical (unpaired) electrons. The summed E-state index contributed by atoms with van der Waals surface area (Å²) < 4.78 is 30.3. The number of quaternary nitrogens is 1. The van der Waals surface area contributed by atoms with Crippen molar-refractivity contribution >= 4 is 19.7 Å². The van der Waals surface area contributed by atoms with E-state index in [0.29, 0.717) is 17.4 Å². The van der Waals surface area contributed by atoms with Crippen LogP contribution in [0, 0.1) is 0 Å². The molecule has 0 heterocycles. The molecule has 73 heavy (non-hydrogen) atoms. The van der Waals surface area contributed by atoms with Crippen LogP contribution in [0.4, 0.5) is 0 Å². The first-order chi connectivity index (χ1) is 35.4. The van der Waals surface area contributed by atoms with Crippen LogP contribution in [0.1, 0.15) is 329 Å². The van der Waals surface area contributed by atoms with E-state index in [1.165, 1.54) is 238 Å². The zero-order valence-electron chi connectivity index (χ0n) is 49.6. The number of carbonyl (C=O) groups is 2. The maximum Gasteiger partial charge on any atom is 0.306 e. The molecule has 0 aromatic rings. The molecule has 0 spiro atoms. The van der Waals surface area contributed by atoms with Crippen LogP contribution in [-0.2, 0) is 27.9 Å². The number of likely N-dealkylation sites (N-methyl/N-ethyl adjacent to an activating group) is 1. The Labute approximate surface area is 454 Å². The summed E-state index contributed by atoms with van der Waals surface area (Å²) in [7, 11) is 1.21. The molecule has 0 aliphatic heterocycles. The average Bonchev–Trinajstić information content (AvgIpc) is 3.35. The van der Waals surface area contributed by atoms with Gasteiger partial charge < -0.3 is 28.5 Å². The molecular formula is C63H125N2O7P. The van der Waals surface area contributed by atoms with Gasteiger partial charge in [-0.2, -0.15) is 0 Å². The fraction of sp³-hybridized carbons (Fsp3) is 0.937. The Morgan fingerprint density at radius 3 is 1.12 bits per heavy atom. The van der Waals surface area contributed by atoms with Crippen LogP contribution in [0.3, 0.4) is 0 Å². The quantitative estimate of drug-likeness (QED) is 0.0212. The van der Waals surface area contributed by atoms with E-state index in [2.05, 4.69) is 26.1 Å². The van der Waals surface area contributed by atoms with Gasteiger partial charge in [-0.05, 0) is 31.8 Å². The SMILES string of the molecule is CCCCCCCCCCCC/C=C/C(OC(=O)CCCCCCCCCCCCCCCC)C(COP(=O)([O-])OCC[N+](C)(C)C)NC(=O)CCCCCCCCCCCCCCCCCCCCCCC. The highest BCUT2D eigenvalue weighted by atomic mass is 31.2. The molecule has 0 aromatic carbocycles. The summed E-state index contributed by atoms with van der Waals surface area (Å²) >= 11 is 0. The fourth-order valence-corrected chi connectivity index (χ4v) is 10.5. The first-order valence-corrected chi connectivity index (χ1v) is 33.5. The second kappa shape index (κ2) is 54.1. The van der Waals surface area contributed by atoms with E-state index >= 15 is 0 Å². The summed E-state index contributed by atoms with van der Waals surface area (Å²) in [6.45, 7) is 6.90. The Balaban J connectivity index is 5.13. The number of ether oxygens (including phenoxy) is 1. The number of rotatable bonds is 59. The second-order valence-corrected chi connectivity index (χ2v) is 24.7. The van der Waals surface area contributed by atoms with Crippen LogP contribution in [0.15, 0.2) is 12.2 Å². The number of nitrogens with one attached hydrogen (secondary N) is 1. The van der Waals surface area contributed by atoms with Crippen molar-refractivity contribution in [3.8, 4) is 0 Å². The van der Waals surface area contributed by atoms with E-state index < -0.39 is 20.0 Å². The maximum atomic E-state index is 13.5. The molecule has 0 aliphatic rings. The molecule has 0 saturated carbocycles. The molecule has 1 N–H and O–H groups in total. The van der Waals surface area contributed by atoms with Gasteiger partial charge in [0.1, 0.15) is 19.3 Å². The minimum atomic E-state index is -4.69. The molecular weight excluding hydrogens is 928 g/mol. The maximum absolute atomic E-state index is 13.5. The zero-order chi connectivity index (χ0) is 53.6. The van der Waals surface area contributed by atoms with Gasteiger partial charge in [0.15, 0.2) is 0 Å². The van der Waals surface area contributed by atoms with E-state index in [1.807, 2.05) is 33.3 Å². The van der Waals surface area contributed by atoms with Gasteiger partial charge in [0.05, 0.1) is 33.8 Å². The van der Waals surface area contributed by atoms with Crippen molar-refractivity contribution in [2.24, 2.45) is 0 Å². The van der Waals surface area contributed by atoms with Crippen molar-refractivity contribution in [2.75, 3.05) is 40.9 Å². The topological polar surface area (TPSA) is 114 Å². The Hall–Kier alpha value is -1.25. The lowest BCUT2D eigenvalue weighted by Crippen LogP contribution is -2.47. The van der Waals surface area contributed by atoms with Gasteiger partial charge in [-0.25, -0.2) is 0 Å². The highest BCUT2D eigenvalue weighted by Crippen LogP contribution is 2.38. The third-order valence-corrected chi connectivity index (χ3v) is 15.7. The van der Waals surface area contributed by atoms with Crippen molar-refractivity contribution in [3.05, 3.63) is 12.2 Å². The van der Waals surface area contributed by atoms with E-state index in [4.69, 9.17) is 13.8 Å². The summed E-state index contributed by atoms with van der Waals surface area (Å²) in [6, 6.07) is -0.879. The number of phosphoric ester groups is 1. The number of unbranched alkanes of at least 4 members (excludes halogenated alkanes) is 43. The van der Waals surface area contributed by atoms with Gasteiger partial charge >= 0.3 is 5.97 Å². The van der Waals surface area contributed by atoms with E-state index in [-0.39, 0.29) is 31.5 Å². The van der Waals surface area contributed by atoms with Crippen molar-refractivity contribution in [1.29, 1.82) is 0 Å². The van der Waals surface area contributed by atoms with Gasteiger partial charge in [0.2, 0.25) is 5.91 Å². The summed E-state index contributed by atoms with van der Waals surface area (Å²) in [5.41, 5.74) is 0. The van der Waals surface area contributed by atoms with Crippen LogP contribution in [0.25, 0.3) is 0 Å². The molecule has 1 amide bonds. The summed E-state index contributed by atoms with van der Waals surface area (Å²) in [5.74, 6) is -0.519. The molecule has 0 aliphatic carbocycles. The van der Waals surface area contributed by atoms with Gasteiger partial charge in [-0.15, -0.1) is 0 Å². The molecule has 0 rings (SSSR count). The minimum absolute atomic E-state index is 0.0167. The Morgan fingerprint density at radius 1 is 0.466 bits per heavy atom. The summed E-state index contributed by atoms with van der Waals surface area (Å²) in [4.78, 5) is 40.0. The van der Waals surface area contributed by atoms with Gasteiger partial charge in [-0.1, -0.05) is 297 Å². The molecule has 0 fully saturated rings. The largest absolute Gasteiger partial charge is 0.756 e. The number of carbonyl (C=O) groups excluding carboxylic acids is 2. The van der Waals surface area contributed by atoms with Crippen LogP contribution < -0.4 is 10.2 Å². The molecule has 10 heteroatoms. The first-order valence-electron chi connectivity index (χ1n) is 32.0. The van der Waals surface area contributed by atoms with E-state index in [1.54, 1.807) is 0 Å². The number of esters is 1. The lowest BCUT2D eigenvalue weighted by atomic mass is 10.0. The number of allylic oxidation sites excluding steroid dienone is 1. The number of hydrogen-bond acceptors (Lipinski definition) is 7. The number of amides is 1. The van der Waals surface area contributed by atoms with Crippen molar-refractivity contribution in [2.45, 2.75) is 341 Å². The van der Waals surface area contributed by atoms with Crippen LogP contribution in [-0.4, -0.2) is 69.4 Å². The zero-order valence-corrected chi connectivity index (χ0v) is 50.5. The van der Waals surface area contributed by atoms with Crippen LogP contribution >= 0.6 is 7.82 Å². The second-order valence-electron chi connectivity index (χ2n) is 23.3. The lowest BCUT2D eigenvalue weighted by molar-refractivity contribution is -0.870. The molecule has 434 valence electrons. The highest BCUT2D eigenvalue weighted by molar-refractivity contribution is 7.45. The normalized spacial score (nSPS) is 13.7. The van der Waals surface area contributed by atoms with Gasteiger partial charge in [-0.3, -0.25) is 14.2 Å². The standard InChI is InChI=1S/C63H125N2O7P/c1-7-10-13-16-19-22-25-28-30-31-32-33-34-35-36-37-40-43-46-49-52-55-62(66)64-60(59-71-73(68,69)70-58-57-65(4,5)6)61(54-51-48-45-42-39-27-24-21-18-15-12-9-3)72-63(67)56-53-50-47-44-41-38-29-26-23-20-17-14-11-8-2/h51,54,60-61H,7-50,52-53,55-59H2,1-6H3,(H-,64,66,68,69)/b54-51+. The molecule has 0 aromatic heterocycles. The van der Waals surface area contributed by atoms with Crippen molar-refractivity contribution in [1.82, 2.24) is 5.32 Å². The monoisotopic (exact) mass is 1050 g/mol. The van der Waals surface area contributed by atoms with E-state index in [0.717, 1.165) is 57.8 Å². The third kappa shape index (κ3) is 55.3. The predicted octanol–water partition coefficient (Wildman–Crippen LogP) is 18.9. The number of hydrogen-bond donors (Lipinski definition) is 1. The Morgan fingerprint density at radius 2 is 0.781 bits per heavy atom. The summed E-state index contributed by atoms with van der Waals surface area (Å²) in [6.07, 6.45) is 61.8. The van der Waals surface area contributed by atoms with Gasteiger partial charge in [0, 0.05) is 12.8 Å². The predicted molar refractivity (Wildman–Crippen MR) is 312 cm³/mol. The first kappa shape index (κ1) is 71.8. The average molecular weight is 1050 g/mol.